The zero-order valence-corrected chi connectivity index (χ0v) is 12.2. The number of benzene rings is 1. The molecule has 0 saturated heterocycles. The van der Waals surface area contributed by atoms with Crippen LogP contribution >= 0.6 is 0 Å². The summed E-state index contributed by atoms with van der Waals surface area (Å²) in [6.45, 7) is 5.58. The lowest BCUT2D eigenvalue weighted by Gasteiger charge is -2.18. The molecule has 1 unspecified atom stereocenters. The van der Waals surface area contributed by atoms with E-state index in [2.05, 4.69) is 28.6 Å². The Balaban J connectivity index is 2.03. The Labute approximate surface area is 120 Å². The first-order valence-electron chi connectivity index (χ1n) is 7.11. The molecule has 108 valence electrons. The minimum Gasteiger partial charge on any atom is -0.377 e. The first-order valence-corrected chi connectivity index (χ1v) is 7.11. The van der Waals surface area contributed by atoms with Gasteiger partial charge < -0.3 is 15.0 Å². The Bertz CT molecular complexity index is 509. The van der Waals surface area contributed by atoms with Crippen molar-refractivity contribution < 1.29 is 4.74 Å². The highest BCUT2D eigenvalue weighted by molar-refractivity contribution is 5.18. The highest BCUT2D eigenvalue weighted by Crippen LogP contribution is 2.16. The maximum atomic E-state index is 6.32. The summed E-state index contributed by atoms with van der Waals surface area (Å²) in [6, 6.07) is 10.2. The van der Waals surface area contributed by atoms with Crippen LogP contribution in [0, 0.1) is 0 Å². The molecule has 0 aliphatic carbocycles. The SMILES string of the molecule is CCOC(C)Cn1cncc1[C@H](N)Cc1ccccc1. The third-order valence-corrected chi connectivity index (χ3v) is 3.33. The van der Waals surface area contributed by atoms with Crippen molar-refractivity contribution in [2.75, 3.05) is 6.61 Å². The van der Waals surface area contributed by atoms with Crippen LogP contribution in [-0.4, -0.2) is 22.3 Å². The molecule has 20 heavy (non-hydrogen) atoms. The molecular weight excluding hydrogens is 250 g/mol. The quantitative estimate of drug-likeness (QED) is 0.843. The predicted molar refractivity (Wildman–Crippen MR) is 80.4 cm³/mol. The molecule has 0 saturated carbocycles. The molecule has 0 bridgehead atoms. The number of rotatable bonds is 7. The van der Waals surface area contributed by atoms with Gasteiger partial charge >= 0.3 is 0 Å². The van der Waals surface area contributed by atoms with Gasteiger partial charge in [0.15, 0.2) is 0 Å². The Morgan fingerprint density at radius 2 is 2.05 bits per heavy atom. The summed E-state index contributed by atoms with van der Waals surface area (Å²) in [5.41, 5.74) is 8.62. The smallest absolute Gasteiger partial charge is 0.0949 e. The fourth-order valence-electron chi connectivity index (χ4n) is 2.38. The summed E-state index contributed by atoms with van der Waals surface area (Å²) < 4.78 is 7.67. The Morgan fingerprint density at radius 3 is 2.75 bits per heavy atom. The van der Waals surface area contributed by atoms with Gasteiger partial charge in [0.1, 0.15) is 0 Å². The van der Waals surface area contributed by atoms with Gasteiger partial charge in [-0.2, -0.15) is 0 Å². The van der Waals surface area contributed by atoms with Crippen molar-refractivity contribution in [1.29, 1.82) is 0 Å². The number of ether oxygens (including phenoxy) is 1. The van der Waals surface area contributed by atoms with E-state index in [4.69, 9.17) is 10.5 Å². The Hall–Kier alpha value is -1.65. The molecule has 0 amide bonds. The lowest BCUT2D eigenvalue weighted by Crippen LogP contribution is -2.22. The van der Waals surface area contributed by atoms with Crippen molar-refractivity contribution >= 4 is 0 Å². The van der Waals surface area contributed by atoms with Crippen LogP contribution in [0.15, 0.2) is 42.9 Å². The molecule has 0 spiro atoms. The molecule has 0 fully saturated rings. The molecule has 0 aliphatic heterocycles. The van der Waals surface area contributed by atoms with Crippen molar-refractivity contribution in [3.63, 3.8) is 0 Å². The van der Waals surface area contributed by atoms with E-state index in [1.807, 2.05) is 37.6 Å². The summed E-state index contributed by atoms with van der Waals surface area (Å²) >= 11 is 0. The maximum absolute atomic E-state index is 6.32. The first kappa shape index (κ1) is 14.8. The fourth-order valence-corrected chi connectivity index (χ4v) is 2.38. The van der Waals surface area contributed by atoms with Crippen molar-refractivity contribution in [2.45, 2.75) is 39.0 Å². The molecule has 1 aromatic carbocycles. The molecule has 0 radical (unpaired) electrons. The molecular formula is C16H23N3O. The average Bonchev–Trinajstić information content (AvgIpc) is 2.88. The van der Waals surface area contributed by atoms with Crippen LogP contribution in [0.4, 0.5) is 0 Å². The van der Waals surface area contributed by atoms with Crippen LogP contribution in [-0.2, 0) is 17.7 Å². The lowest BCUT2D eigenvalue weighted by molar-refractivity contribution is 0.0633. The van der Waals surface area contributed by atoms with E-state index in [1.165, 1.54) is 5.56 Å². The number of hydrogen-bond donors (Lipinski definition) is 1. The second-order valence-corrected chi connectivity index (χ2v) is 5.03. The maximum Gasteiger partial charge on any atom is 0.0949 e. The monoisotopic (exact) mass is 273 g/mol. The third kappa shape index (κ3) is 3.92. The normalized spacial score (nSPS) is 14.2. The van der Waals surface area contributed by atoms with Gasteiger partial charge in [0.25, 0.3) is 0 Å². The molecule has 2 atom stereocenters. The van der Waals surface area contributed by atoms with E-state index in [9.17, 15) is 0 Å². The van der Waals surface area contributed by atoms with Crippen molar-refractivity contribution in [2.24, 2.45) is 5.73 Å². The highest BCUT2D eigenvalue weighted by Gasteiger charge is 2.14. The van der Waals surface area contributed by atoms with Crippen LogP contribution in [0.3, 0.4) is 0 Å². The zero-order valence-electron chi connectivity index (χ0n) is 12.2. The van der Waals surface area contributed by atoms with Crippen molar-refractivity contribution in [1.82, 2.24) is 9.55 Å². The van der Waals surface area contributed by atoms with Crippen LogP contribution in [0.25, 0.3) is 0 Å². The summed E-state index contributed by atoms with van der Waals surface area (Å²) in [7, 11) is 0. The third-order valence-electron chi connectivity index (χ3n) is 3.33. The second-order valence-electron chi connectivity index (χ2n) is 5.03. The number of hydrogen-bond acceptors (Lipinski definition) is 3. The van der Waals surface area contributed by atoms with Gasteiger partial charge in [0.05, 0.1) is 24.2 Å². The largest absolute Gasteiger partial charge is 0.377 e. The second kappa shape index (κ2) is 7.22. The minimum atomic E-state index is -0.0475. The van der Waals surface area contributed by atoms with Gasteiger partial charge in [-0.25, -0.2) is 4.98 Å². The number of nitrogens with zero attached hydrogens (tertiary/aromatic N) is 2. The fraction of sp³-hybridized carbons (Fsp3) is 0.438. The summed E-state index contributed by atoms with van der Waals surface area (Å²) in [5, 5.41) is 0. The number of nitrogens with two attached hydrogens (primary N) is 1. The van der Waals surface area contributed by atoms with Crippen molar-refractivity contribution in [3.05, 3.63) is 54.1 Å². The Morgan fingerprint density at radius 1 is 1.30 bits per heavy atom. The molecule has 0 aliphatic rings. The predicted octanol–water partition coefficient (Wildman–Crippen LogP) is 2.55. The van der Waals surface area contributed by atoms with E-state index in [-0.39, 0.29) is 12.1 Å². The molecule has 2 N–H and O–H groups in total. The van der Waals surface area contributed by atoms with E-state index in [1.54, 1.807) is 0 Å². The molecule has 4 nitrogen and oxygen atoms in total. The molecule has 1 heterocycles. The molecule has 2 rings (SSSR count). The molecule has 4 heteroatoms. The van der Waals surface area contributed by atoms with E-state index < -0.39 is 0 Å². The van der Waals surface area contributed by atoms with Gasteiger partial charge in [-0.3, -0.25) is 0 Å². The first-order chi connectivity index (χ1) is 9.70. The average molecular weight is 273 g/mol. The standard InChI is InChI=1S/C16H23N3O/c1-3-20-13(2)11-19-12-18-10-16(19)15(17)9-14-7-5-4-6-8-14/h4-8,10,12-13,15H,3,9,11,17H2,1-2H3/t13?,15-/m1/s1. The van der Waals surface area contributed by atoms with E-state index in [0.717, 1.165) is 25.3 Å². The Kier molecular flexibility index (Phi) is 5.32. The van der Waals surface area contributed by atoms with Gasteiger partial charge in [-0.15, -0.1) is 0 Å². The highest BCUT2D eigenvalue weighted by atomic mass is 16.5. The van der Waals surface area contributed by atoms with Gasteiger partial charge in [-0.05, 0) is 25.8 Å². The number of imidazole rings is 1. The van der Waals surface area contributed by atoms with E-state index in [0.29, 0.717) is 0 Å². The summed E-state index contributed by atoms with van der Waals surface area (Å²) in [5.74, 6) is 0. The molecule has 1 aromatic heterocycles. The van der Waals surface area contributed by atoms with Crippen molar-refractivity contribution in [3.8, 4) is 0 Å². The van der Waals surface area contributed by atoms with Gasteiger partial charge in [0, 0.05) is 19.3 Å². The topological polar surface area (TPSA) is 53.1 Å². The van der Waals surface area contributed by atoms with Gasteiger partial charge in [-0.1, -0.05) is 30.3 Å². The van der Waals surface area contributed by atoms with E-state index >= 15 is 0 Å². The number of aromatic nitrogens is 2. The summed E-state index contributed by atoms with van der Waals surface area (Å²) in [4.78, 5) is 4.23. The minimum absolute atomic E-state index is 0.0475. The van der Waals surface area contributed by atoms with Gasteiger partial charge in [0.2, 0.25) is 0 Å². The van der Waals surface area contributed by atoms with Crippen LogP contribution in [0.5, 0.6) is 0 Å². The lowest BCUT2D eigenvalue weighted by atomic mass is 10.0. The molecule has 2 aromatic rings. The zero-order chi connectivity index (χ0) is 14.4. The van der Waals surface area contributed by atoms with Crippen LogP contribution in [0.1, 0.15) is 31.1 Å². The van der Waals surface area contributed by atoms with Crippen LogP contribution in [0.2, 0.25) is 0 Å². The summed E-state index contributed by atoms with van der Waals surface area (Å²) in [6.07, 6.45) is 4.66. The van der Waals surface area contributed by atoms with Crippen LogP contribution < -0.4 is 5.73 Å².